The molecular formula is C22H22N4O. The van der Waals surface area contributed by atoms with Gasteiger partial charge in [0.1, 0.15) is 0 Å². The molecule has 0 bridgehead atoms. The van der Waals surface area contributed by atoms with Gasteiger partial charge in [0.25, 0.3) is 5.91 Å². The third-order valence-corrected chi connectivity index (χ3v) is 4.93. The zero-order chi connectivity index (χ0) is 18.8. The van der Waals surface area contributed by atoms with Crippen LogP contribution < -0.4 is 0 Å². The van der Waals surface area contributed by atoms with Crippen LogP contribution in [0.1, 0.15) is 34.5 Å². The highest BCUT2D eigenvalue weighted by molar-refractivity contribution is 6.08. The van der Waals surface area contributed by atoms with Crippen molar-refractivity contribution >= 4 is 11.6 Å². The number of carbonyl (C=O) groups is 1. The van der Waals surface area contributed by atoms with Crippen LogP contribution in [-0.2, 0) is 6.54 Å². The second-order valence-electron chi connectivity index (χ2n) is 6.84. The first-order chi connectivity index (χ1) is 13.1. The Morgan fingerprint density at radius 1 is 1.00 bits per heavy atom. The number of hydrogen-bond acceptors (Lipinski definition) is 3. The second kappa shape index (κ2) is 7.19. The summed E-state index contributed by atoms with van der Waals surface area (Å²) in [6, 6.07) is 11.7. The Morgan fingerprint density at radius 3 is 2.52 bits per heavy atom. The molecule has 4 rings (SSSR count). The van der Waals surface area contributed by atoms with Crippen molar-refractivity contribution in [3.63, 3.8) is 0 Å². The summed E-state index contributed by atoms with van der Waals surface area (Å²) in [5.74, 6) is 0.0624. The molecule has 27 heavy (non-hydrogen) atoms. The number of hydrogen-bond donors (Lipinski definition) is 0. The number of benzene rings is 1. The maximum atomic E-state index is 12.5. The molecule has 0 radical (unpaired) electrons. The Bertz CT molecular complexity index is 953. The first kappa shape index (κ1) is 17.2. The number of nitrogens with zero attached hydrogens (tertiary/aromatic N) is 4. The minimum atomic E-state index is 0.0624. The Morgan fingerprint density at radius 2 is 1.78 bits per heavy atom. The molecule has 1 amide bonds. The summed E-state index contributed by atoms with van der Waals surface area (Å²) in [6.45, 7) is 7.62. The molecule has 1 aromatic carbocycles. The van der Waals surface area contributed by atoms with Crippen LogP contribution in [0.15, 0.2) is 61.7 Å². The quantitative estimate of drug-likeness (QED) is 0.622. The van der Waals surface area contributed by atoms with E-state index in [1.54, 1.807) is 4.90 Å². The van der Waals surface area contributed by atoms with Crippen molar-refractivity contribution in [1.82, 2.24) is 19.4 Å². The lowest BCUT2D eigenvalue weighted by molar-refractivity contribution is 0.0848. The second-order valence-corrected chi connectivity index (χ2v) is 6.84. The Kier molecular flexibility index (Phi) is 4.59. The molecule has 5 heteroatoms. The zero-order valence-corrected chi connectivity index (χ0v) is 15.4. The van der Waals surface area contributed by atoms with Gasteiger partial charge in [-0.05, 0) is 38.0 Å². The fraction of sp³-hybridized carbons (Fsp3) is 0.227. The van der Waals surface area contributed by atoms with Gasteiger partial charge in [0, 0.05) is 53.6 Å². The number of aryl methyl sites for hydroxylation is 2. The molecule has 0 N–H and O–H groups in total. The van der Waals surface area contributed by atoms with Crippen LogP contribution >= 0.6 is 0 Å². The van der Waals surface area contributed by atoms with Crippen LogP contribution in [0.3, 0.4) is 0 Å². The fourth-order valence-electron chi connectivity index (χ4n) is 3.39. The number of unbranched alkanes of at least 4 members (excludes halogenated alkanes) is 1. The summed E-state index contributed by atoms with van der Waals surface area (Å²) in [4.78, 5) is 23.1. The summed E-state index contributed by atoms with van der Waals surface area (Å²) in [5, 5.41) is 0. The number of pyridine rings is 1. The summed E-state index contributed by atoms with van der Waals surface area (Å²) >= 11 is 0. The van der Waals surface area contributed by atoms with Crippen LogP contribution in [0.2, 0.25) is 0 Å². The van der Waals surface area contributed by atoms with E-state index >= 15 is 0 Å². The molecule has 5 nitrogen and oxygen atoms in total. The third kappa shape index (κ3) is 3.40. The molecular weight excluding hydrogens is 336 g/mol. The van der Waals surface area contributed by atoms with Gasteiger partial charge in [-0.1, -0.05) is 24.8 Å². The van der Waals surface area contributed by atoms with E-state index in [0.717, 1.165) is 53.2 Å². The summed E-state index contributed by atoms with van der Waals surface area (Å²) in [7, 11) is 0. The molecule has 2 aromatic heterocycles. The number of fused-ring (bicyclic) bond motifs is 1. The molecule has 0 atom stereocenters. The number of aromatic nitrogens is 3. The lowest BCUT2D eigenvalue weighted by atomic mass is 10.1. The predicted octanol–water partition coefficient (Wildman–Crippen LogP) is 4.16. The van der Waals surface area contributed by atoms with Gasteiger partial charge in [0.05, 0.1) is 12.0 Å². The largest absolute Gasteiger partial charge is 0.337 e. The van der Waals surface area contributed by atoms with Crippen molar-refractivity contribution in [2.24, 2.45) is 0 Å². The minimum Gasteiger partial charge on any atom is -0.337 e. The average Bonchev–Trinajstić information content (AvgIpc) is 3.25. The van der Waals surface area contributed by atoms with Crippen LogP contribution in [0, 0.1) is 6.92 Å². The van der Waals surface area contributed by atoms with Gasteiger partial charge in [-0.15, -0.1) is 0 Å². The van der Waals surface area contributed by atoms with Crippen molar-refractivity contribution in [3.8, 4) is 11.3 Å². The van der Waals surface area contributed by atoms with E-state index in [1.807, 2.05) is 62.0 Å². The molecule has 1 aliphatic heterocycles. The van der Waals surface area contributed by atoms with Crippen molar-refractivity contribution < 1.29 is 4.79 Å². The summed E-state index contributed by atoms with van der Waals surface area (Å²) in [5.41, 5.74) is 5.48. The van der Waals surface area contributed by atoms with Gasteiger partial charge in [-0.3, -0.25) is 9.78 Å². The highest BCUT2D eigenvalue weighted by Crippen LogP contribution is 2.31. The van der Waals surface area contributed by atoms with Gasteiger partial charge < -0.3 is 9.47 Å². The molecule has 1 aliphatic rings. The van der Waals surface area contributed by atoms with Gasteiger partial charge >= 0.3 is 0 Å². The van der Waals surface area contributed by atoms with E-state index in [9.17, 15) is 4.79 Å². The average molecular weight is 358 g/mol. The Labute approximate surface area is 159 Å². The van der Waals surface area contributed by atoms with Crippen LogP contribution in [0.4, 0.5) is 0 Å². The van der Waals surface area contributed by atoms with Crippen molar-refractivity contribution in [2.75, 3.05) is 6.54 Å². The van der Waals surface area contributed by atoms with Crippen molar-refractivity contribution in [3.05, 3.63) is 78.5 Å². The fourth-order valence-corrected chi connectivity index (χ4v) is 3.39. The topological polar surface area (TPSA) is 51.0 Å². The minimum absolute atomic E-state index is 0.0624. The Hall–Kier alpha value is -3.21. The first-order valence-corrected chi connectivity index (χ1v) is 9.18. The van der Waals surface area contributed by atoms with E-state index < -0.39 is 0 Å². The molecule has 0 aliphatic carbocycles. The molecule has 3 aromatic rings. The number of imidazole rings is 1. The number of rotatable bonds is 6. The van der Waals surface area contributed by atoms with Gasteiger partial charge in [-0.2, -0.15) is 0 Å². The number of carbonyl (C=O) groups excluding carboxylic acids is 1. The lowest BCUT2D eigenvalue weighted by Gasteiger charge is -2.17. The van der Waals surface area contributed by atoms with E-state index in [4.69, 9.17) is 0 Å². The lowest BCUT2D eigenvalue weighted by Crippen LogP contribution is -2.24. The predicted molar refractivity (Wildman–Crippen MR) is 106 cm³/mol. The monoisotopic (exact) mass is 358 g/mol. The SMILES string of the molecule is C=C1c2ccccc2C(=O)N1CCCCn1cnc(-c2ccc(C)nc2)c1. The van der Waals surface area contributed by atoms with Crippen LogP contribution in [0.25, 0.3) is 17.0 Å². The van der Waals surface area contributed by atoms with Gasteiger partial charge in [0.15, 0.2) is 0 Å². The van der Waals surface area contributed by atoms with E-state index in [0.29, 0.717) is 6.54 Å². The molecule has 0 fully saturated rings. The standard InChI is InChI=1S/C22H22N4O/c1-16-9-10-18(13-23-16)21-14-25(15-24-21)11-5-6-12-26-17(2)19-7-3-4-8-20(19)22(26)27/h3-4,7-10,13-15H,2,5-6,11-12H2,1H3. The number of amides is 1. The molecule has 3 heterocycles. The molecule has 0 saturated carbocycles. The van der Waals surface area contributed by atoms with E-state index in [1.165, 1.54) is 0 Å². The van der Waals surface area contributed by atoms with Crippen LogP contribution in [0.5, 0.6) is 0 Å². The maximum absolute atomic E-state index is 12.5. The molecule has 0 spiro atoms. The van der Waals surface area contributed by atoms with Crippen molar-refractivity contribution in [1.29, 1.82) is 0 Å². The zero-order valence-electron chi connectivity index (χ0n) is 15.4. The molecule has 0 saturated heterocycles. The smallest absolute Gasteiger partial charge is 0.258 e. The van der Waals surface area contributed by atoms with Gasteiger partial charge in [0.2, 0.25) is 0 Å². The van der Waals surface area contributed by atoms with Crippen LogP contribution in [-0.4, -0.2) is 31.9 Å². The third-order valence-electron chi connectivity index (χ3n) is 4.93. The highest BCUT2D eigenvalue weighted by atomic mass is 16.2. The van der Waals surface area contributed by atoms with E-state index in [2.05, 4.69) is 21.1 Å². The molecule has 0 unspecified atom stereocenters. The normalized spacial score (nSPS) is 13.3. The van der Waals surface area contributed by atoms with E-state index in [-0.39, 0.29) is 5.91 Å². The Balaban J connectivity index is 1.31. The molecule has 136 valence electrons. The van der Waals surface area contributed by atoms with Crippen molar-refractivity contribution in [2.45, 2.75) is 26.3 Å². The van der Waals surface area contributed by atoms with Gasteiger partial charge in [-0.25, -0.2) is 4.98 Å². The highest BCUT2D eigenvalue weighted by Gasteiger charge is 2.29. The maximum Gasteiger partial charge on any atom is 0.258 e. The summed E-state index contributed by atoms with van der Waals surface area (Å²) < 4.78 is 2.09. The summed E-state index contributed by atoms with van der Waals surface area (Å²) in [6.07, 6.45) is 7.63. The first-order valence-electron chi connectivity index (χ1n) is 9.18.